The number of fused-ring (bicyclic) bond motifs is 1. The van der Waals surface area contributed by atoms with Crippen LogP contribution in [0.4, 0.5) is 0 Å². The summed E-state index contributed by atoms with van der Waals surface area (Å²) in [6, 6.07) is 8.05. The molecule has 0 radical (unpaired) electrons. The van der Waals surface area contributed by atoms with E-state index in [1.54, 1.807) is 12.0 Å². The Balaban J connectivity index is 1.64. The Morgan fingerprint density at radius 1 is 1.38 bits per heavy atom. The standard InChI is InChI=1S/C19H25N3O4/c1-25-13-19(10-17(20)23)12-22(8-9-26-19)18(24)7-6-14-11-21-16-5-3-2-4-15(14)16/h2-5,11,21H,6-10,12-13H2,1H3,(H2,20,23). The van der Waals surface area contributed by atoms with Crippen LogP contribution in [-0.2, 0) is 25.5 Å². The summed E-state index contributed by atoms with van der Waals surface area (Å²) in [7, 11) is 1.55. The molecule has 26 heavy (non-hydrogen) atoms. The van der Waals surface area contributed by atoms with Gasteiger partial charge in [-0.05, 0) is 18.1 Å². The van der Waals surface area contributed by atoms with Crippen molar-refractivity contribution in [2.75, 3.05) is 33.4 Å². The molecule has 1 aliphatic heterocycles. The molecular formula is C19H25N3O4. The summed E-state index contributed by atoms with van der Waals surface area (Å²) in [6.45, 7) is 1.42. The van der Waals surface area contributed by atoms with Crippen LogP contribution in [-0.4, -0.2) is 60.7 Å². The van der Waals surface area contributed by atoms with E-state index in [4.69, 9.17) is 15.2 Å². The second-order valence-corrected chi connectivity index (χ2v) is 6.78. The maximum absolute atomic E-state index is 12.7. The maximum atomic E-state index is 12.7. The molecule has 2 heterocycles. The molecule has 0 saturated carbocycles. The summed E-state index contributed by atoms with van der Waals surface area (Å²) < 4.78 is 11.0. The SMILES string of the molecule is COCC1(CC(N)=O)CN(C(=O)CCc2c[nH]c3ccccc23)CCO1. The lowest BCUT2D eigenvalue weighted by Crippen LogP contribution is -2.57. The van der Waals surface area contributed by atoms with Crippen LogP contribution in [0.3, 0.4) is 0 Å². The number of nitrogens with zero attached hydrogens (tertiary/aromatic N) is 1. The third-order valence-corrected chi connectivity index (χ3v) is 4.79. The van der Waals surface area contributed by atoms with E-state index >= 15 is 0 Å². The third kappa shape index (κ3) is 4.05. The van der Waals surface area contributed by atoms with Gasteiger partial charge in [-0.3, -0.25) is 9.59 Å². The number of nitrogens with one attached hydrogen (secondary N) is 1. The molecule has 0 aliphatic carbocycles. The summed E-state index contributed by atoms with van der Waals surface area (Å²) >= 11 is 0. The summed E-state index contributed by atoms with van der Waals surface area (Å²) in [5.41, 5.74) is 6.70. The quantitative estimate of drug-likeness (QED) is 0.777. The maximum Gasteiger partial charge on any atom is 0.223 e. The summed E-state index contributed by atoms with van der Waals surface area (Å²) in [5.74, 6) is -0.418. The number of rotatable bonds is 7. The lowest BCUT2D eigenvalue weighted by Gasteiger charge is -2.41. The van der Waals surface area contributed by atoms with Gasteiger partial charge in [-0.25, -0.2) is 0 Å². The zero-order valence-electron chi connectivity index (χ0n) is 15.0. The predicted octanol–water partition coefficient (Wildman–Crippen LogP) is 1.22. The van der Waals surface area contributed by atoms with Crippen LogP contribution >= 0.6 is 0 Å². The second-order valence-electron chi connectivity index (χ2n) is 6.78. The first-order chi connectivity index (χ1) is 12.5. The van der Waals surface area contributed by atoms with Crippen LogP contribution < -0.4 is 5.73 Å². The van der Waals surface area contributed by atoms with Gasteiger partial charge in [0.2, 0.25) is 11.8 Å². The zero-order valence-corrected chi connectivity index (χ0v) is 15.0. The highest BCUT2D eigenvalue weighted by Crippen LogP contribution is 2.24. The van der Waals surface area contributed by atoms with Crippen molar-refractivity contribution in [3.05, 3.63) is 36.0 Å². The van der Waals surface area contributed by atoms with Crippen molar-refractivity contribution in [2.45, 2.75) is 24.9 Å². The first kappa shape index (κ1) is 18.4. The minimum Gasteiger partial charge on any atom is -0.382 e. The highest BCUT2D eigenvalue weighted by Gasteiger charge is 2.39. The fraction of sp³-hybridized carbons (Fsp3) is 0.474. The second kappa shape index (κ2) is 7.88. The smallest absolute Gasteiger partial charge is 0.223 e. The van der Waals surface area contributed by atoms with Gasteiger partial charge in [0.05, 0.1) is 26.2 Å². The molecular weight excluding hydrogens is 334 g/mol. The monoisotopic (exact) mass is 359 g/mol. The van der Waals surface area contributed by atoms with Gasteiger partial charge in [-0.15, -0.1) is 0 Å². The molecule has 7 heteroatoms. The summed E-state index contributed by atoms with van der Waals surface area (Å²) in [6.07, 6.45) is 3.06. The van der Waals surface area contributed by atoms with E-state index in [1.807, 2.05) is 24.4 Å². The van der Waals surface area contributed by atoms with E-state index in [1.165, 1.54) is 0 Å². The number of primary amides is 1. The number of hydrogen-bond donors (Lipinski definition) is 2. The Kier molecular flexibility index (Phi) is 5.58. The number of carbonyl (C=O) groups excluding carboxylic acids is 2. The van der Waals surface area contributed by atoms with Gasteiger partial charge in [0, 0.05) is 37.2 Å². The van der Waals surface area contributed by atoms with E-state index in [0.29, 0.717) is 32.5 Å². The van der Waals surface area contributed by atoms with E-state index < -0.39 is 11.5 Å². The average molecular weight is 359 g/mol. The average Bonchev–Trinajstić information content (AvgIpc) is 3.02. The Labute approximate surface area is 152 Å². The van der Waals surface area contributed by atoms with Gasteiger partial charge >= 0.3 is 0 Å². The summed E-state index contributed by atoms with van der Waals surface area (Å²) in [4.78, 5) is 29.1. The number of H-pyrrole nitrogens is 1. The molecule has 7 nitrogen and oxygen atoms in total. The number of benzene rings is 1. The lowest BCUT2D eigenvalue weighted by atomic mass is 9.97. The van der Waals surface area contributed by atoms with Crippen molar-refractivity contribution >= 4 is 22.7 Å². The van der Waals surface area contributed by atoms with Crippen LogP contribution in [0, 0.1) is 0 Å². The van der Waals surface area contributed by atoms with Gasteiger partial charge in [-0.1, -0.05) is 18.2 Å². The molecule has 0 bridgehead atoms. The minimum atomic E-state index is -0.852. The van der Waals surface area contributed by atoms with Crippen LogP contribution in [0.25, 0.3) is 10.9 Å². The Morgan fingerprint density at radius 2 is 2.19 bits per heavy atom. The summed E-state index contributed by atoms with van der Waals surface area (Å²) in [5, 5.41) is 1.14. The number of aromatic amines is 1. The molecule has 3 rings (SSSR count). The van der Waals surface area contributed by atoms with Gasteiger partial charge in [0.1, 0.15) is 5.60 Å². The highest BCUT2D eigenvalue weighted by atomic mass is 16.5. The normalized spacial score (nSPS) is 20.4. The molecule has 1 aliphatic rings. The van der Waals surface area contributed by atoms with E-state index in [9.17, 15) is 9.59 Å². The number of morpholine rings is 1. The molecule has 1 unspecified atom stereocenters. The molecule has 1 aromatic heterocycles. The molecule has 2 aromatic rings. The molecule has 0 spiro atoms. The first-order valence-corrected chi connectivity index (χ1v) is 8.77. The Hall–Kier alpha value is -2.38. The predicted molar refractivity (Wildman–Crippen MR) is 97.6 cm³/mol. The molecule has 3 N–H and O–H groups in total. The Bertz CT molecular complexity index is 784. The van der Waals surface area contributed by atoms with Crippen molar-refractivity contribution in [3.8, 4) is 0 Å². The van der Waals surface area contributed by atoms with Crippen molar-refractivity contribution < 1.29 is 19.1 Å². The van der Waals surface area contributed by atoms with Crippen LogP contribution in [0.15, 0.2) is 30.5 Å². The fourth-order valence-corrected chi connectivity index (χ4v) is 3.62. The first-order valence-electron chi connectivity index (χ1n) is 8.77. The number of amides is 2. The molecule has 2 amide bonds. The van der Waals surface area contributed by atoms with Crippen molar-refractivity contribution in [1.82, 2.24) is 9.88 Å². The number of nitrogens with two attached hydrogens (primary N) is 1. The number of para-hydroxylation sites is 1. The van der Waals surface area contributed by atoms with Crippen molar-refractivity contribution in [3.63, 3.8) is 0 Å². The van der Waals surface area contributed by atoms with Gasteiger partial charge in [0.25, 0.3) is 0 Å². The number of ether oxygens (including phenoxy) is 2. The number of methoxy groups -OCH3 is 1. The van der Waals surface area contributed by atoms with Crippen LogP contribution in [0.2, 0.25) is 0 Å². The fourth-order valence-electron chi connectivity index (χ4n) is 3.62. The molecule has 140 valence electrons. The third-order valence-electron chi connectivity index (χ3n) is 4.79. The van der Waals surface area contributed by atoms with E-state index in [2.05, 4.69) is 11.1 Å². The number of aromatic nitrogens is 1. The van der Waals surface area contributed by atoms with Gasteiger partial charge in [0.15, 0.2) is 0 Å². The molecule has 1 fully saturated rings. The number of hydrogen-bond acceptors (Lipinski definition) is 4. The number of aryl methyl sites for hydroxylation is 1. The lowest BCUT2D eigenvalue weighted by molar-refractivity contribution is -0.166. The molecule has 1 aromatic carbocycles. The molecule has 1 saturated heterocycles. The van der Waals surface area contributed by atoms with E-state index in [-0.39, 0.29) is 18.9 Å². The van der Waals surface area contributed by atoms with Crippen molar-refractivity contribution in [1.29, 1.82) is 0 Å². The van der Waals surface area contributed by atoms with Gasteiger partial charge in [-0.2, -0.15) is 0 Å². The number of carbonyl (C=O) groups is 2. The van der Waals surface area contributed by atoms with E-state index in [0.717, 1.165) is 16.5 Å². The van der Waals surface area contributed by atoms with Crippen molar-refractivity contribution in [2.24, 2.45) is 5.73 Å². The van der Waals surface area contributed by atoms with Crippen LogP contribution in [0.5, 0.6) is 0 Å². The Morgan fingerprint density at radius 3 is 2.96 bits per heavy atom. The highest BCUT2D eigenvalue weighted by molar-refractivity contribution is 5.84. The molecule has 1 atom stereocenters. The van der Waals surface area contributed by atoms with Gasteiger partial charge < -0.3 is 25.1 Å². The zero-order chi connectivity index (χ0) is 18.6. The topological polar surface area (TPSA) is 97.6 Å². The van der Waals surface area contributed by atoms with Crippen LogP contribution in [0.1, 0.15) is 18.4 Å². The minimum absolute atomic E-state index is 0.0348. The largest absolute Gasteiger partial charge is 0.382 e.